The number of nitrogens with one attached hydrogen (secondary N) is 1. The molecule has 0 radical (unpaired) electrons. The third kappa shape index (κ3) is 3.21. The summed E-state index contributed by atoms with van der Waals surface area (Å²) in [6.07, 6.45) is 0. The van der Waals surface area contributed by atoms with E-state index < -0.39 is 10.0 Å². The third-order valence-electron chi connectivity index (χ3n) is 2.29. The largest absolute Gasteiger partial charge is 0.398 e. The van der Waals surface area contributed by atoms with E-state index in [2.05, 4.69) is 14.9 Å². The number of rotatable bonds is 4. The van der Waals surface area contributed by atoms with Crippen LogP contribution in [0.2, 0.25) is 10.0 Å². The van der Waals surface area contributed by atoms with Gasteiger partial charge in [0.2, 0.25) is 15.9 Å². The molecule has 0 saturated carbocycles. The fraction of sp³-hybridized carbons (Fsp3) is 0.200. The molecule has 20 heavy (non-hydrogen) atoms. The van der Waals surface area contributed by atoms with Gasteiger partial charge in [-0.3, -0.25) is 0 Å². The fourth-order valence-electron chi connectivity index (χ4n) is 1.50. The Kier molecular flexibility index (Phi) is 4.19. The minimum absolute atomic E-state index is 0.0447. The second-order valence-electron chi connectivity index (χ2n) is 3.87. The van der Waals surface area contributed by atoms with Gasteiger partial charge >= 0.3 is 0 Å². The topological polar surface area (TPSA) is 111 Å². The first-order valence-electron chi connectivity index (χ1n) is 5.33. The molecule has 3 N–H and O–H groups in total. The highest BCUT2D eigenvalue weighted by Gasteiger charge is 2.22. The Morgan fingerprint density at radius 1 is 1.40 bits per heavy atom. The van der Waals surface area contributed by atoms with Crippen LogP contribution in [0.4, 0.5) is 5.69 Å². The number of aromatic nitrogens is 2. The zero-order valence-electron chi connectivity index (χ0n) is 10.2. The van der Waals surface area contributed by atoms with E-state index in [0.29, 0.717) is 5.82 Å². The first kappa shape index (κ1) is 15.0. The molecule has 0 aliphatic rings. The maximum atomic E-state index is 12.2. The number of aryl methyl sites for hydroxylation is 1. The number of halogens is 2. The van der Waals surface area contributed by atoms with E-state index in [1.54, 1.807) is 6.92 Å². The standard InChI is InChI=1S/C10H10Cl2N4O3S/c1-5-15-9(19-16-5)4-14-20(17,18)10-7(12)2-6(11)3-8(10)13/h2-3,14H,4,13H2,1H3. The van der Waals surface area contributed by atoms with Crippen LogP contribution in [0.15, 0.2) is 21.6 Å². The van der Waals surface area contributed by atoms with Crippen molar-refractivity contribution in [1.82, 2.24) is 14.9 Å². The summed E-state index contributed by atoms with van der Waals surface area (Å²) >= 11 is 11.6. The Bertz CT molecular complexity index is 722. The Morgan fingerprint density at radius 2 is 2.10 bits per heavy atom. The van der Waals surface area contributed by atoms with Crippen molar-refractivity contribution < 1.29 is 12.9 Å². The van der Waals surface area contributed by atoms with Gasteiger partial charge in [0.25, 0.3) is 0 Å². The highest BCUT2D eigenvalue weighted by molar-refractivity contribution is 7.89. The van der Waals surface area contributed by atoms with Crippen molar-refractivity contribution in [3.8, 4) is 0 Å². The van der Waals surface area contributed by atoms with E-state index in [4.69, 9.17) is 33.5 Å². The molecule has 0 bridgehead atoms. The van der Waals surface area contributed by atoms with E-state index in [1.807, 2.05) is 0 Å². The van der Waals surface area contributed by atoms with Gasteiger partial charge in [-0.05, 0) is 19.1 Å². The summed E-state index contributed by atoms with van der Waals surface area (Å²) in [6.45, 7) is 1.46. The van der Waals surface area contributed by atoms with E-state index in [9.17, 15) is 8.42 Å². The van der Waals surface area contributed by atoms with Crippen LogP contribution in [0.1, 0.15) is 11.7 Å². The van der Waals surface area contributed by atoms with Crippen LogP contribution >= 0.6 is 23.2 Å². The van der Waals surface area contributed by atoms with Crippen molar-refractivity contribution in [3.63, 3.8) is 0 Å². The number of nitrogens with two attached hydrogens (primary N) is 1. The lowest BCUT2D eigenvalue weighted by molar-refractivity contribution is 0.372. The van der Waals surface area contributed by atoms with Crippen LogP contribution < -0.4 is 10.5 Å². The maximum Gasteiger partial charge on any atom is 0.244 e. The number of hydrogen-bond donors (Lipinski definition) is 2. The molecule has 1 aromatic heterocycles. The Hall–Kier alpha value is -1.35. The molecule has 1 heterocycles. The normalized spacial score (nSPS) is 11.8. The second-order valence-corrected chi connectivity index (χ2v) is 6.41. The zero-order chi connectivity index (χ0) is 14.9. The van der Waals surface area contributed by atoms with Gasteiger partial charge in [-0.25, -0.2) is 13.1 Å². The van der Waals surface area contributed by atoms with Gasteiger partial charge < -0.3 is 10.3 Å². The maximum absolute atomic E-state index is 12.2. The summed E-state index contributed by atoms with van der Waals surface area (Å²) in [5, 5.41) is 3.73. The average Bonchev–Trinajstić information content (AvgIpc) is 2.71. The van der Waals surface area contributed by atoms with Gasteiger partial charge in [0.1, 0.15) is 4.90 Å². The van der Waals surface area contributed by atoms with Crippen molar-refractivity contribution in [2.24, 2.45) is 0 Å². The molecule has 2 rings (SSSR count). The minimum Gasteiger partial charge on any atom is -0.398 e. The lowest BCUT2D eigenvalue weighted by Gasteiger charge is -2.10. The predicted octanol–water partition coefficient (Wildman–Crippen LogP) is 1.75. The SMILES string of the molecule is Cc1noc(CNS(=O)(=O)c2c(N)cc(Cl)cc2Cl)n1. The van der Waals surface area contributed by atoms with E-state index in [0.717, 1.165) is 0 Å². The quantitative estimate of drug-likeness (QED) is 0.822. The van der Waals surface area contributed by atoms with Gasteiger partial charge in [0.05, 0.1) is 17.3 Å². The minimum atomic E-state index is -3.92. The fourth-order valence-corrected chi connectivity index (χ4v) is 3.46. The third-order valence-corrected chi connectivity index (χ3v) is 4.43. The second kappa shape index (κ2) is 5.57. The van der Waals surface area contributed by atoms with Gasteiger partial charge in [0, 0.05) is 5.02 Å². The van der Waals surface area contributed by atoms with Crippen LogP contribution in [0, 0.1) is 6.92 Å². The number of anilines is 1. The first-order valence-corrected chi connectivity index (χ1v) is 7.57. The number of hydrogen-bond acceptors (Lipinski definition) is 6. The monoisotopic (exact) mass is 336 g/mol. The summed E-state index contributed by atoms with van der Waals surface area (Å²) in [5.74, 6) is 0.540. The summed E-state index contributed by atoms with van der Waals surface area (Å²) in [6, 6.07) is 2.60. The van der Waals surface area contributed by atoms with Crippen molar-refractivity contribution >= 4 is 38.9 Å². The van der Waals surface area contributed by atoms with Gasteiger partial charge in [-0.1, -0.05) is 28.4 Å². The van der Waals surface area contributed by atoms with Crippen molar-refractivity contribution in [2.75, 3.05) is 5.73 Å². The molecule has 0 aliphatic carbocycles. The van der Waals surface area contributed by atoms with Crippen molar-refractivity contribution in [3.05, 3.63) is 33.9 Å². The number of benzene rings is 1. The molecule has 108 valence electrons. The molecule has 0 spiro atoms. The highest BCUT2D eigenvalue weighted by atomic mass is 35.5. The summed E-state index contributed by atoms with van der Waals surface area (Å²) in [7, 11) is -3.92. The molecule has 0 amide bonds. The predicted molar refractivity (Wildman–Crippen MR) is 73.9 cm³/mol. The van der Waals surface area contributed by atoms with Crippen LogP contribution in [-0.4, -0.2) is 18.6 Å². The van der Waals surface area contributed by atoms with Crippen LogP contribution in [0.3, 0.4) is 0 Å². The van der Waals surface area contributed by atoms with Gasteiger partial charge in [-0.15, -0.1) is 0 Å². The number of nitrogens with zero attached hydrogens (tertiary/aromatic N) is 2. The summed E-state index contributed by atoms with van der Waals surface area (Å²) in [5.41, 5.74) is 5.60. The number of sulfonamides is 1. The summed E-state index contributed by atoms with van der Waals surface area (Å²) < 4.78 is 31.4. The summed E-state index contributed by atoms with van der Waals surface area (Å²) in [4.78, 5) is 3.64. The lowest BCUT2D eigenvalue weighted by atomic mass is 10.3. The van der Waals surface area contributed by atoms with Gasteiger partial charge in [0.15, 0.2) is 5.82 Å². The average molecular weight is 337 g/mol. The smallest absolute Gasteiger partial charge is 0.244 e. The molecule has 1 aromatic carbocycles. The van der Waals surface area contributed by atoms with Crippen molar-refractivity contribution in [2.45, 2.75) is 18.4 Å². The zero-order valence-corrected chi connectivity index (χ0v) is 12.6. The molecule has 0 atom stereocenters. The molecular formula is C10H10Cl2N4O3S. The van der Waals surface area contributed by atoms with E-state index in [-0.39, 0.29) is 33.1 Å². The van der Waals surface area contributed by atoms with Crippen molar-refractivity contribution in [1.29, 1.82) is 0 Å². The molecule has 10 heteroatoms. The highest BCUT2D eigenvalue weighted by Crippen LogP contribution is 2.30. The van der Waals surface area contributed by atoms with Crippen LogP contribution in [0.5, 0.6) is 0 Å². The van der Waals surface area contributed by atoms with Gasteiger partial charge in [-0.2, -0.15) is 4.98 Å². The first-order chi connectivity index (χ1) is 9.29. The molecule has 7 nitrogen and oxygen atoms in total. The molecule has 0 aliphatic heterocycles. The molecule has 0 fully saturated rings. The van der Waals surface area contributed by atoms with Crippen LogP contribution in [-0.2, 0) is 16.6 Å². The lowest BCUT2D eigenvalue weighted by Crippen LogP contribution is -2.24. The van der Waals surface area contributed by atoms with Crippen LogP contribution in [0.25, 0.3) is 0 Å². The Balaban J connectivity index is 2.27. The molecule has 0 unspecified atom stereocenters. The molecular weight excluding hydrogens is 327 g/mol. The van der Waals surface area contributed by atoms with E-state index in [1.165, 1.54) is 12.1 Å². The van der Waals surface area contributed by atoms with E-state index >= 15 is 0 Å². The molecule has 0 saturated heterocycles. The Morgan fingerprint density at radius 3 is 2.65 bits per heavy atom. The molecule has 2 aromatic rings. The number of nitrogen functional groups attached to an aromatic ring is 1. The Labute approximate surface area is 125 Å².